The Bertz CT molecular complexity index is 773. The smallest absolute Gasteiger partial charge is 0.258 e. The zero-order valence-corrected chi connectivity index (χ0v) is 16.2. The van der Waals surface area contributed by atoms with Crippen LogP contribution in [-0.2, 0) is 15.0 Å². The minimum absolute atomic E-state index is 0.00644. The van der Waals surface area contributed by atoms with Crippen LogP contribution in [0, 0.1) is 6.92 Å². The van der Waals surface area contributed by atoms with Crippen LogP contribution in [-0.4, -0.2) is 18.5 Å². The van der Waals surface area contributed by atoms with Crippen molar-refractivity contribution >= 4 is 11.9 Å². The Morgan fingerprint density at radius 2 is 1.63 bits per heavy atom. The zero-order valence-electron chi connectivity index (χ0n) is 16.2. The van der Waals surface area contributed by atoms with Gasteiger partial charge in [-0.05, 0) is 35.6 Å². The van der Waals surface area contributed by atoms with E-state index in [9.17, 15) is 14.7 Å². The van der Waals surface area contributed by atoms with Crippen molar-refractivity contribution in [3.63, 3.8) is 0 Å². The number of benzene rings is 2. The summed E-state index contributed by atoms with van der Waals surface area (Å²) in [7, 11) is 0. The molecule has 0 heterocycles. The SMILES string of the molecule is Cc1ccc(OCC(=O)N[C@@H](CC(=O)[O-])c2ccc(C(C)(C)C)cc2)cc1. The molecule has 1 N–H and O–H groups in total. The van der Waals surface area contributed by atoms with Crippen molar-refractivity contribution in [1.29, 1.82) is 0 Å². The zero-order chi connectivity index (χ0) is 20.0. The van der Waals surface area contributed by atoms with Crippen LogP contribution in [0.3, 0.4) is 0 Å². The molecule has 1 amide bonds. The van der Waals surface area contributed by atoms with E-state index in [1.807, 2.05) is 43.3 Å². The number of carboxylic acid groups (broad SMARTS) is 1. The van der Waals surface area contributed by atoms with Gasteiger partial charge in [-0.3, -0.25) is 4.79 Å². The van der Waals surface area contributed by atoms with Crippen LogP contribution in [0.2, 0.25) is 0 Å². The summed E-state index contributed by atoms with van der Waals surface area (Å²) in [5.41, 5.74) is 2.94. The molecule has 0 saturated carbocycles. The first-order valence-corrected chi connectivity index (χ1v) is 8.94. The lowest BCUT2D eigenvalue weighted by Crippen LogP contribution is -2.36. The average Bonchev–Trinajstić information content (AvgIpc) is 2.60. The summed E-state index contributed by atoms with van der Waals surface area (Å²) >= 11 is 0. The Balaban J connectivity index is 2.03. The molecule has 0 aliphatic heterocycles. The second kappa shape index (κ2) is 8.71. The fourth-order valence-corrected chi connectivity index (χ4v) is 2.65. The van der Waals surface area contributed by atoms with Gasteiger partial charge in [-0.2, -0.15) is 0 Å². The second-order valence-corrected chi connectivity index (χ2v) is 7.67. The van der Waals surface area contributed by atoms with Crippen molar-refractivity contribution < 1.29 is 19.4 Å². The highest BCUT2D eigenvalue weighted by molar-refractivity contribution is 5.79. The third-order valence-electron chi connectivity index (χ3n) is 4.28. The predicted molar refractivity (Wildman–Crippen MR) is 102 cm³/mol. The normalized spacial score (nSPS) is 12.3. The van der Waals surface area contributed by atoms with Gasteiger partial charge in [-0.1, -0.05) is 62.7 Å². The summed E-state index contributed by atoms with van der Waals surface area (Å²) in [5.74, 6) is -1.02. The van der Waals surface area contributed by atoms with Gasteiger partial charge in [0.05, 0.1) is 6.04 Å². The van der Waals surface area contributed by atoms with Crippen LogP contribution in [0.5, 0.6) is 5.75 Å². The van der Waals surface area contributed by atoms with E-state index in [1.165, 1.54) is 0 Å². The molecule has 144 valence electrons. The summed E-state index contributed by atoms with van der Waals surface area (Å²) in [5, 5.41) is 13.8. The molecule has 0 aliphatic rings. The maximum Gasteiger partial charge on any atom is 0.258 e. The average molecular weight is 368 g/mol. The van der Waals surface area contributed by atoms with Crippen molar-refractivity contribution in [1.82, 2.24) is 5.32 Å². The minimum atomic E-state index is -1.22. The highest BCUT2D eigenvalue weighted by Crippen LogP contribution is 2.25. The Morgan fingerprint density at radius 3 is 2.15 bits per heavy atom. The first-order chi connectivity index (χ1) is 12.6. The number of carbonyl (C=O) groups is 2. The van der Waals surface area contributed by atoms with Gasteiger partial charge >= 0.3 is 0 Å². The maximum atomic E-state index is 12.2. The van der Waals surface area contributed by atoms with Crippen molar-refractivity contribution in [2.24, 2.45) is 0 Å². The van der Waals surface area contributed by atoms with E-state index in [0.717, 1.165) is 16.7 Å². The number of rotatable bonds is 7. The van der Waals surface area contributed by atoms with E-state index >= 15 is 0 Å². The van der Waals surface area contributed by atoms with Gasteiger partial charge in [0.2, 0.25) is 0 Å². The molecule has 0 unspecified atom stereocenters. The van der Waals surface area contributed by atoms with Gasteiger partial charge < -0.3 is 20.0 Å². The monoisotopic (exact) mass is 368 g/mol. The number of nitrogens with one attached hydrogen (secondary N) is 1. The molecule has 27 heavy (non-hydrogen) atoms. The van der Waals surface area contributed by atoms with E-state index in [2.05, 4.69) is 26.1 Å². The molecule has 2 aromatic rings. The number of hydrogen-bond acceptors (Lipinski definition) is 4. The molecule has 2 rings (SSSR count). The van der Waals surface area contributed by atoms with Crippen LogP contribution in [0.1, 0.15) is 49.9 Å². The topological polar surface area (TPSA) is 78.5 Å². The van der Waals surface area contributed by atoms with Crippen molar-refractivity contribution in [3.8, 4) is 5.75 Å². The van der Waals surface area contributed by atoms with Gasteiger partial charge in [-0.15, -0.1) is 0 Å². The Labute approximate surface area is 160 Å². The number of amides is 1. The predicted octanol–water partition coefficient (Wildman–Crippen LogP) is 2.67. The van der Waals surface area contributed by atoms with E-state index in [-0.39, 0.29) is 24.3 Å². The summed E-state index contributed by atoms with van der Waals surface area (Å²) in [4.78, 5) is 23.3. The van der Waals surface area contributed by atoms with Crippen molar-refractivity contribution in [2.75, 3.05) is 6.61 Å². The molecular weight excluding hydrogens is 342 g/mol. The third kappa shape index (κ3) is 6.44. The summed E-state index contributed by atoms with van der Waals surface area (Å²) in [6.07, 6.45) is -0.300. The van der Waals surface area contributed by atoms with Crippen LogP contribution in [0.4, 0.5) is 0 Å². The third-order valence-corrected chi connectivity index (χ3v) is 4.28. The van der Waals surface area contributed by atoms with Crippen molar-refractivity contribution in [3.05, 3.63) is 65.2 Å². The second-order valence-electron chi connectivity index (χ2n) is 7.67. The number of carboxylic acids is 1. The molecule has 0 bridgehead atoms. The van der Waals surface area contributed by atoms with Gasteiger partial charge in [0.15, 0.2) is 6.61 Å². The number of ether oxygens (including phenoxy) is 1. The fourth-order valence-electron chi connectivity index (χ4n) is 2.65. The van der Waals surface area contributed by atoms with Crippen molar-refractivity contribution in [2.45, 2.75) is 45.6 Å². The molecule has 2 aromatic carbocycles. The number of hydrogen-bond donors (Lipinski definition) is 1. The molecule has 5 nitrogen and oxygen atoms in total. The molecule has 0 radical (unpaired) electrons. The van der Waals surface area contributed by atoms with Gasteiger partial charge in [-0.25, -0.2) is 0 Å². The maximum absolute atomic E-state index is 12.2. The van der Waals surface area contributed by atoms with E-state index < -0.39 is 12.0 Å². The van der Waals surface area contributed by atoms with Crippen LogP contribution < -0.4 is 15.2 Å². The first-order valence-electron chi connectivity index (χ1n) is 8.94. The van der Waals surface area contributed by atoms with Gasteiger partial charge in [0.1, 0.15) is 5.75 Å². The van der Waals surface area contributed by atoms with Gasteiger partial charge in [0, 0.05) is 12.4 Å². The summed E-state index contributed by atoms with van der Waals surface area (Å²) in [6, 6.07) is 14.3. The summed E-state index contributed by atoms with van der Waals surface area (Å²) in [6.45, 7) is 8.08. The highest BCUT2D eigenvalue weighted by Gasteiger charge is 2.18. The molecule has 0 saturated heterocycles. The van der Waals surface area contributed by atoms with Crippen LogP contribution in [0.25, 0.3) is 0 Å². The van der Waals surface area contributed by atoms with Gasteiger partial charge in [0.25, 0.3) is 5.91 Å². The lowest BCUT2D eigenvalue weighted by Gasteiger charge is -2.23. The number of aliphatic carboxylic acids is 1. The molecular formula is C22H26NO4-. The van der Waals surface area contributed by atoms with E-state index in [0.29, 0.717) is 5.75 Å². The van der Waals surface area contributed by atoms with Crippen LogP contribution in [0.15, 0.2) is 48.5 Å². The highest BCUT2D eigenvalue weighted by atomic mass is 16.5. The molecule has 0 aliphatic carbocycles. The minimum Gasteiger partial charge on any atom is -0.550 e. The Hall–Kier alpha value is -2.82. The van der Waals surface area contributed by atoms with Crippen LogP contribution >= 0.6 is 0 Å². The Morgan fingerprint density at radius 1 is 1.04 bits per heavy atom. The molecule has 5 heteroatoms. The lowest BCUT2D eigenvalue weighted by molar-refractivity contribution is -0.306. The quantitative estimate of drug-likeness (QED) is 0.815. The first kappa shape index (κ1) is 20.5. The van der Waals surface area contributed by atoms with E-state index in [4.69, 9.17) is 4.74 Å². The molecule has 0 fully saturated rings. The fraction of sp³-hybridized carbons (Fsp3) is 0.364. The molecule has 0 spiro atoms. The number of carbonyl (C=O) groups excluding carboxylic acids is 2. The largest absolute Gasteiger partial charge is 0.550 e. The van der Waals surface area contributed by atoms with E-state index in [1.54, 1.807) is 12.1 Å². The Kier molecular flexibility index (Phi) is 6.61. The standard InChI is InChI=1S/C22H27NO4/c1-15-5-11-18(12-6-15)27-14-20(24)23-19(13-21(25)26)16-7-9-17(10-8-16)22(2,3)4/h5-12,19H,13-14H2,1-4H3,(H,23,24)(H,25,26)/p-1/t19-/m0/s1. The number of aryl methyl sites for hydroxylation is 1. The molecule has 0 aromatic heterocycles. The lowest BCUT2D eigenvalue weighted by atomic mass is 9.86. The molecule has 1 atom stereocenters. The summed E-state index contributed by atoms with van der Waals surface area (Å²) < 4.78 is 5.45.